The number of benzene rings is 1. The molecule has 5 rings (SSSR count). The van der Waals surface area contributed by atoms with Crippen molar-refractivity contribution in [2.24, 2.45) is 5.92 Å². The number of imidazole rings is 1. The first-order valence-corrected chi connectivity index (χ1v) is 11.8. The number of likely N-dealkylation sites (tertiary alicyclic amines) is 1. The van der Waals surface area contributed by atoms with Crippen molar-refractivity contribution in [3.63, 3.8) is 0 Å². The Balaban J connectivity index is 1.31. The number of rotatable bonds is 5. The van der Waals surface area contributed by atoms with E-state index in [4.69, 9.17) is 0 Å². The van der Waals surface area contributed by atoms with Gasteiger partial charge in [-0.05, 0) is 32.1 Å². The van der Waals surface area contributed by atoms with Crippen LogP contribution in [-0.4, -0.2) is 56.5 Å². The fraction of sp³-hybridized carbons (Fsp3) is 0.333. The molecule has 32 heavy (non-hydrogen) atoms. The van der Waals surface area contributed by atoms with Crippen LogP contribution in [0.1, 0.15) is 12.8 Å². The highest BCUT2D eigenvalue weighted by Gasteiger charge is 2.29. The minimum absolute atomic E-state index is 0.114. The molecule has 1 fully saturated rings. The Morgan fingerprint density at radius 1 is 1.38 bits per heavy atom. The lowest BCUT2D eigenvalue weighted by Crippen LogP contribution is -2.40. The SMILES string of the molecule is CN1CCC(CC(=O)Nc2nc3cc(F)c(Sc4cnc5ncccn45)cc3s2)C(F)C1. The van der Waals surface area contributed by atoms with Crippen LogP contribution >= 0.6 is 23.1 Å². The van der Waals surface area contributed by atoms with E-state index in [0.717, 1.165) is 16.3 Å². The van der Waals surface area contributed by atoms with Gasteiger partial charge in [0.25, 0.3) is 0 Å². The van der Waals surface area contributed by atoms with E-state index < -0.39 is 12.0 Å². The highest BCUT2D eigenvalue weighted by atomic mass is 32.2. The number of aromatic nitrogens is 4. The Morgan fingerprint density at radius 2 is 2.25 bits per heavy atom. The molecule has 4 heterocycles. The maximum absolute atomic E-state index is 14.7. The van der Waals surface area contributed by atoms with Crippen molar-refractivity contribution < 1.29 is 13.6 Å². The molecule has 1 saturated heterocycles. The van der Waals surface area contributed by atoms with Crippen LogP contribution in [0.25, 0.3) is 16.0 Å². The van der Waals surface area contributed by atoms with Gasteiger partial charge < -0.3 is 10.2 Å². The molecule has 1 aliphatic heterocycles. The van der Waals surface area contributed by atoms with E-state index >= 15 is 0 Å². The summed E-state index contributed by atoms with van der Waals surface area (Å²) in [4.78, 5) is 27.5. The molecule has 3 aromatic heterocycles. The molecule has 1 aromatic carbocycles. The Bertz CT molecular complexity index is 1290. The summed E-state index contributed by atoms with van der Waals surface area (Å²) < 4.78 is 31.5. The van der Waals surface area contributed by atoms with Crippen molar-refractivity contribution in [2.45, 2.75) is 28.9 Å². The van der Waals surface area contributed by atoms with Gasteiger partial charge in [0.1, 0.15) is 17.0 Å². The summed E-state index contributed by atoms with van der Waals surface area (Å²) in [6.45, 7) is 1.13. The second-order valence-corrected chi connectivity index (χ2v) is 9.93. The molecule has 1 N–H and O–H groups in total. The number of amides is 1. The molecule has 0 radical (unpaired) electrons. The number of halogens is 2. The number of piperidine rings is 1. The molecule has 2 atom stereocenters. The van der Waals surface area contributed by atoms with Crippen LogP contribution in [0, 0.1) is 11.7 Å². The number of fused-ring (bicyclic) bond motifs is 2. The minimum Gasteiger partial charge on any atom is -0.303 e. The highest BCUT2D eigenvalue weighted by Crippen LogP contribution is 2.36. The smallest absolute Gasteiger partial charge is 0.234 e. The minimum atomic E-state index is -1.02. The van der Waals surface area contributed by atoms with Crippen LogP contribution < -0.4 is 5.32 Å². The predicted octanol–water partition coefficient (Wildman–Crippen LogP) is 4.25. The maximum Gasteiger partial charge on any atom is 0.234 e. The quantitative estimate of drug-likeness (QED) is 0.466. The van der Waals surface area contributed by atoms with Crippen molar-refractivity contribution >= 4 is 50.1 Å². The van der Waals surface area contributed by atoms with Gasteiger partial charge in [0.05, 0.1) is 21.3 Å². The van der Waals surface area contributed by atoms with Gasteiger partial charge in [-0.1, -0.05) is 23.1 Å². The van der Waals surface area contributed by atoms with E-state index in [-0.39, 0.29) is 18.2 Å². The van der Waals surface area contributed by atoms with Crippen molar-refractivity contribution in [2.75, 3.05) is 25.5 Å². The van der Waals surface area contributed by atoms with Gasteiger partial charge >= 0.3 is 0 Å². The second kappa shape index (κ2) is 8.72. The molecule has 1 amide bonds. The second-order valence-electron chi connectivity index (χ2n) is 7.84. The lowest BCUT2D eigenvalue weighted by atomic mass is 9.92. The zero-order valence-electron chi connectivity index (χ0n) is 17.2. The molecule has 1 aliphatic rings. The molecule has 0 aliphatic carbocycles. The topological polar surface area (TPSA) is 75.4 Å². The fourth-order valence-corrected chi connectivity index (χ4v) is 5.68. The number of alkyl halides is 1. The number of carbonyl (C=O) groups excluding carboxylic acids is 1. The zero-order valence-corrected chi connectivity index (χ0v) is 18.8. The van der Waals surface area contributed by atoms with Crippen LogP contribution in [0.3, 0.4) is 0 Å². The molecule has 0 bridgehead atoms. The van der Waals surface area contributed by atoms with E-state index in [9.17, 15) is 13.6 Å². The normalized spacial score (nSPS) is 19.6. The number of thiazole rings is 1. The van der Waals surface area contributed by atoms with Crippen molar-refractivity contribution in [1.29, 1.82) is 0 Å². The lowest BCUT2D eigenvalue weighted by Gasteiger charge is -2.31. The van der Waals surface area contributed by atoms with Crippen LogP contribution in [-0.2, 0) is 4.79 Å². The molecular weight excluding hydrogens is 454 g/mol. The molecule has 4 aromatic rings. The summed E-state index contributed by atoms with van der Waals surface area (Å²) in [5.74, 6) is -0.425. The van der Waals surface area contributed by atoms with E-state index in [1.54, 1.807) is 28.9 Å². The molecule has 166 valence electrons. The van der Waals surface area contributed by atoms with Gasteiger partial charge in [0.2, 0.25) is 11.7 Å². The number of nitrogens with one attached hydrogen (secondary N) is 1. The Hall–Kier alpha value is -2.63. The van der Waals surface area contributed by atoms with Crippen LogP contribution in [0.2, 0.25) is 0 Å². The van der Waals surface area contributed by atoms with Crippen molar-refractivity contribution in [1.82, 2.24) is 24.3 Å². The van der Waals surface area contributed by atoms with E-state index in [1.807, 2.05) is 18.1 Å². The Morgan fingerprint density at radius 3 is 3.09 bits per heavy atom. The Labute approximate surface area is 190 Å². The van der Waals surface area contributed by atoms with Gasteiger partial charge in [0, 0.05) is 37.3 Å². The number of hydrogen-bond donors (Lipinski definition) is 1. The van der Waals surface area contributed by atoms with Gasteiger partial charge in [-0.25, -0.2) is 23.7 Å². The van der Waals surface area contributed by atoms with Gasteiger partial charge in [-0.3, -0.25) is 9.20 Å². The van der Waals surface area contributed by atoms with E-state index in [2.05, 4.69) is 20.3 Å². The average molecular weight is 475 g/mol. The fourth-order valence-electron chi connectivity index (χ4n) is 3.80. The first-order chi connectivity index (χ1) is 15.5. The zero-order chi connectivity index (χ0) is 22.2. The highest BCUT2D eigenvalue weighted by molar-refractivity contribution is 7.99. The largest absolute Gasteiger partial charge is 0.303 e. The predicted molar refractivity (Wildman–Crippen MR) is 120 cm³/mol. The molecule has 0 saturated carbocycles. The third-order valence-corrected chi connectivity index (χ3v) is 7.46. The lowest BCUT2D eigenvalue weighted by molar-refractivity contribution is -0.118. The summed E-state index contributed by atoms with van der Waals surface area (Å²) in [5.41, 5.74) is 0.467. The van der Waals surface area contributed by atoms with Gasteiger partial charge in [-0.2, -0.15) is 0 Å². The summed E-state index contributed by atoms with van der Waals surface area (Å²) in [6, 6.07) is 4.86. The first kappa shape index (κ1) is 21.2. The number of nitrogens with zero attached hydrogens (tertiary/aromatic N) is 5. The third-order valence-electron chi connectivity index (χ3n) is 5.48. The van der Waals surface area contributed by atoms with Crippen LogP contribution in [0.4, 0.5) is 13.9 Å². The molecular formula is C21H20F2N6OS2. The van der Waals surface area contributed by atoms with E-state index in [1.165, 1.54) is 29.2 Å². The summed E-state index contributed by atoms with van der Waals surface area (Å²) in [5, 5.41) is 3.88. The van der Waals surface area contributed by atoms with E-state index in [0.29, 0.717) is 34.3 Å². The van der Waals surface area contributed by atoms with Crippen LogP contribution in [0.15, 0.2) is 46.7 Å². The summed E-state index contributed by atoms with van der Waals surface area (Å²) in [6.07, 6.45) is 4.87. The van der Waals surface area contributed by atoms with Gasteiger partial charge in [0.15, 0.2) is 5.13 Å². The molecule has 11 heteroatoms. The standard InChI is InChI=1S/C21H20F2N6OS2/c1-28-6-3-12(14(23)11-28)7-18(30)27-21-26-15-8-13(22)16(9-17(15)32-21)31-19-10-25-20-24-4-2-5-29(19)20/h2,4-5,8-10,12,14H,3,6-7,11H2,1H3,(H,26,27,30). The first-order valence-electron chi connectivity index (χ1n) is 10.1. The monoisotopic (exact) mass is 474 g/mol. The van der Waals surface area contributed by atoms with Crippen LogP contribution in [0.5, 0.6) is 0 Å². The van der Waals surface area contributed by atoms with Gasteiger partial charge in [-0.15, -0.1) is 0 Å². The van der Waals surface area contributed by atoms with Crippen molar-refractivity contribution in [3.05, 3.63) is 42.6 Å². The Kier molecular flexibility index (Phi) is 5.78. The number of hydrogen-bond acceptors (Lipinski definition) is 7. The summed E-state index contributed by atoms with van der Waals surface area (Å²) in [7, 11) is 1.88. The molecule has 0 spiro atoms. The summed E-state index contributed by atoms with van der Waals surface area (Å²) >= 11 is 2.51. The maximum atomic E-state index is 14.7. The molecule has 7 nitrogen and oxygen atoms in total. The third kappa shape index (κ3) is 4.32. The number of carbonyl (C=O) groups is 1. The number of anilines is 1. The molecule has 2 unspecified atom stereocenters. The van der Waals surface area contributed by atoms with Crippen molar-refractivity contribution in [3.8, 4) is 0 Å². The average Bonchev–Trinajstić information content (AvgIpc) is 3.34.